The van der Waals surface area contributed by atoms with E-state index < -0.39 is 104 Å². The molecule has 4 bridgehead atoms. The van der Waals surface area contributed by atoms with E-state index in [0.29, 0.717) is 12.0 Å². The lowest BCUT2D eigenvalue weighted by atomic mass is 9.89. The van der Waals surface area contributed by atoms with Gasteiger partial charge in [0.05, 0.1) is 26.4 Å². The second-order valence-electron chi connectivity index (χ2n) is 18.9. The van der Waals surface area contributed by atoms with Crippen LogP contribution in [0.5, 0.6) is 11.5 Å². The third-order valence-corrected chi connectivity index (χ3v) is 13.3. The highest BCUT2D eigenvalue weighted by atomic mass is 16.3. The van der Waals surface area contributed by atoms with Gasteiger partial charge >= 0.3 is 0 Å². The smallest absolute Gasteiger partial charge is 0.257 e. The number of unbranched alkanes of at least 4 members (excludes halogenated alkanes) is 12. The van der Waals surface area contributed by atoms with E-state index in [1.807, 2.05) is 0 Å². The Balaban J connectivity index is 1.73. The Bertz CT molecular complexity index is 2130. The second kappa shape index (κ2) is 30.2. The fraction of sp³-hybridized carbons (Fsp3) is 0.627. The average molecular weight is 1010 g/mol. The summed E-state index contributed by atoms with van der Waals surface area (Å²) in [5.41, 5.74) is 5.04. The van der Waals surface area contributed by atoms with Crippen LogP contribution in [0.2, 0.25) is 0 Å². The van der Waals surface area contributed by atoms with E-state index in [2.05, 4.69) is 33.5 Å². The van der Waals surface area contributed by atoms with Crippen molar-refractivity contribution >= 4 is 41.4 Å². The van der Waals surface area contributed by atoms with Gasteiger partial charge in [-0.25, -0.2) is 0 Å². The third-order valence-electron chi connectivity index (χ3n) is 13.3. The van der Waals surface area contributed by atoms with E-state index in [-0.39, 0.29) is 58.9 Å². The van der Waals surface area contributed by atoms with Gasteiger partial charge in [-0.2, -0.15) is 0 Å². The number of aromatic hydroxyl groups is 2. The van der Waals surface area contributed by atoms with Gasteiger partial charge in [0.2, 0.25) is 35.4 Å². The zero-order chi connectivity index (χ0) is 53.5. The van der Waals surface area contributed by atoms with Gasteiger partial charge in [-0.05, 0) is 61.6 Å². The van der Waals surface area contributed by atoms with E-state index in [9.17, 15) is 64.2 Å². The number of carbonyl (C=O) groups excluding carboxylic acids is 7. The monoisotopic (exact) mass is 1010 g/mol. The number of aliphatic hydroxyl groups is 4. The molecule has 0 unspecified atom stereocenters. The first-order valence-electron chi connectivity index (χ1n) is 25.2. The Morgan fingerprint density at radius 3 is 1.92 bits per heavy atom. The molecule has 13 N–H and O–H groups in total. The largest absolute Gasteiger partial charge is 0.507 e. The Morgan fingerprint density at radius 1 is 0.778 bits per heavy atom. The molecule has 0 radical (unpaired) electrons. The summed E-state index contributed by atoms with van der Waals surface area (Å²) in [7, 11) is 2.69. The molecule has 5 atom stereocenters. The minimum Gasteiger partial charge on any atom is -0.507 e. The second-order valence-corrected chi connectivity index (χ2v) is 18.9. The van der Waals surface area contributed by atoms with Crippen molar-refractivity contribution in [2.24, 2.45) is 5.73 Å². The molecule has 0 fully saturated rings. The number of aliphatic hydroxyl groups excluding tert-OH is 4. The minimum absolute atomic E-state index is 0.0544. The van der Waals surface area contributed by atoms with Crippen LogP contribution in [0.3, 0.4) is 0 Å². The first-order valence-corrected chi connectivity index (χ1v) is 25.2. The molecule has 72 heavy (non-hydrogen) atoms. The van der Waals surface area contributed by atoms with Crippen molar-refractivity contribution in [3.05, 3.63) is 47.0 Å². The van der Waals surface area contributed by atoms with Gasteiger partial charge in [0.15, 0.2) is 6.17 Å². The van der Waals surface area contributed by atoms with Gasteiger partial charge in [-0.3, -0.25) is 33.6 Å². The molecule has 21 nitrogen and oxygen atoms in total. The Morgan fingerprint density at radius 2 is 1.35 bits per heavy atom. The maximum absolute atomic E-state index is 14.3. The van der Waals surface area contributed by atoms with Crippen molar-refractivity contribution in [3.8, 4) is 22.6 Å². The maximum atomic E-state index is 14.3. The maximum Gasteiger partial charge on any atom is 0.257 e. The molecule has 0 aliphatic carbocycles. The summed E-state index contributed by atoms with van der Waals surface area (Å²) < 4.78 is 0. The van der Waals surface area contributed by atoms with Crippen LogP contribution in [-0.4, -0.2) is 159 Å². The van der Waals surface area contributed by atoms with E-state index in [1.165, 1.54) is 115 Å². The average Bonchev–Trinajstić information content (AvgIpc) is 3.35. The number of nitrogens with two attached hydrogens (primary N) is 1. The van der Waals surface area contributed by atoms with Gasteiger partial charge in [0.25, 0.3) is 5.91 Å². The van der Waals surface area contributed by atoms with Gasteiger partial charge in [-0.1, -0.05) is 96.1 Å². The molecule has 21 heteroatoms. The van der Waals surface area contributed by atoms with E-state index >= 15 is 0 Å². The highest BCUT2D eigenvalue weighted by Crippen LogP contribution is 2.42. The van der Waals surface area contributed by atoms with Crippen molar-refractivity contribution in [3.63, 3.8) is 0 Å². The molecule has 1 aliphatic rings. The lowest BCUT2D eigenvalue weighted by Gasteiger charge is -2.32. The molecule has 402 valence electrons. The summed E-state index contributed by atoms with van der Waals surface area (Å²) in [6.07, 6.45) is 13.0. The first kappa shape index (κ1) is 60.4. The minimum atomic E-state index is -1.86. The number of likely N-dealkylation sites (N-methyl/N-ethyl adjacent to an activating group) is 2. The molecular weight excluding hydrogens is 933 g/mol. The Kier molecular flexibility index (Phi) is 25.4. The van der Waals surface area contributed by atoms with Crippen LogP contribution in [-0.2, 0) is 40.0 Å². The van der Waals surface area contributed by atoms with E-state index in [1.54, 1.807) is 0 Å². The number of amides is 7. The topological polar surface area (TPSA) is 334 Å². The van der Waals surface area contributed by atoms with Gasteiger partial charge in [0, 0.05) is 44.7 Å². The van der Waals surface area contributed by atoms with Crippen LogP contribution in [0.15, 0.2) is 30.3 Å². The Hall–Kier alpha value is -5.87. The molecular formula is C51H80N8O13. The number of carbonyl (C=O) groups is 7. The Labute approximate surface area is 422 Å². The summed E-state index contributed by atoms with van der Waals surface area (Å²) in [6.45, 7) is 1.30. The van der Waals surface area contributed by atoms with Crippen LogP contribution < -0.4 is 32.3 Å². The van der Waals surface area contributed by atoms with Crippen molar-refractivity contribution < 1.29 is 64.2 Å². The van der Waals surface area contributed by atoms with Gasteiger partial charge in [-0.15, -0.1) is 0 Å². The number of nitrogens with zero attached hydrogens (tertiary/aromatic N) is 2. The number of hydrogen-bond donors (Lipinski definition) is 12. The zero-order valence-electron chi connectivity index (χ0n) is 42.6. The van der Waals surface area contributed by atoms with Gasteiger partial charge in [0.1, 0.15) is 41.2 Å². The highest BCUT2D eigenvalue weighted by molar-refractivity contribution is 5.97. The molecule has 7 amide bonds. The molecule has 1 heterocycles. The SMILES string of the molecule is CCCCCCCCCCCCCCCC(=O)N(C)[C@H](CCO)C(=O)N[C@H](N)C(=O)NCC(=O)N(C)[C@@H]1C(=O)N[C@@H](C)C(=O)N[C@H](C(=O)NC(CO)(CO)CO)Cc2ccc(O)c(c2)-c2c(O)ccc1c2C. The fourth-order valence-corrected chi connectivity index (χ4v) is 8.63. The van der Waals surface area contributed by atoms with Crippen molar-refractivity contribution in [1.29, 1.82) is 0 Å². The van der Waals surface area contributed by atoms with Crippen LogP contribution in [0.4, 0.5) is 0 Å². The normalized spacial score (nSPS) is 16.8. The number of benzene rings is 2. The number of rotatable bonds is 28. The van der Waals surface area contributed by atoms with Crippen LogP contribution >= 0.6 is 0 Å². The molecule has 3 rings (SSSR count). The predicted molar refractivity (Wildman–Crippen MR) is 269 cm³/mol. The molecule has 0 saturated carbocycles. The van der Waals surface area contributed by atoms with Crippen LogP contribution in [0.1, 0.15) is 133 Å². The summed E-state index contributed by atoms with van der Waals surface area (Å²) in [6, 6.07) is 1.32. The van der Waals surface area contributed by atoms with Crippen LogP contribution in [0.25, 0.3) is 11.1 Å². The molecule has 0 spiro atoms. The summed E-state index contributed by atoms with van der Waals surface area (Å²) in [5.74, 6) is -6.31. The standard InChI is InChI=1S/C51H80N8O13/c1-6-7-8-9-10-11-12-13-14-15-16-17-18-19-41(66)58(4)38(24-25-60)48(70)56-45(52)50(72)53-28-42(67)59(5)44-35-21-23-40(65)43(32(35)2)36-26-34(20-22-39(36)64)27-37(55-46(68)33(3)54-49(44)71)47(69)57-51(29-61,30-62)31-63/h20-23,26,33,37-38,44-45,60-65H,6-19,24-25,27-31,52H2,1-5H3,(H,53,72)(H,54,71)(H,55,68)(H,56,70)(H,57,69)/t33-,37-,38+,44-,45-/m0/s1. The number of phenols is 2. The number of phenolic OH excluding ortho intramolecular Hbond substituents is 2. The van der Waals surface area contributed by atoms with Gasteiger partial charge < -0.3 is 72.8 Å². The summed E-state index contributed by atoms with van der Waals surface area (Å²) in [5, 5.41) is 73.8. The lowest BCUT2D eigenvalue weighted by molar-refractivity contribution is -0.141. The summed E-state index contributed by atoms with van der Waals surface area (Å²) in [4.78, 5) is 97.4. The molecule has 2 aromatic carbocycles. The molecule has 0 saturated heterocycles. The van der Waals surface area contributed by atoms with Crippen molar-refractivity contribution in [1.82, 2.24) is 36.4 Å². The summed E-state index contributed by atoms with van der Waals surface area (Å²) >= 11 is 0. The number of fused-ring (bicyclic) bond motifs is 5. The quantitative estimate of drug-likeness (QED) is 0.0421. The first-order chi connectivity index (χ1) is 34.3. The van der Waals surface area contributed by atoms with Crippen molar-refractivity contribution in [2.45, 2.75) is 159 Å². The number of hydrogen-bond acceptors (Lipinski definition) is 14. The fourth-order valence-electron chi connectivity index (χ4n) is 8.63. The highest BCUT2D eigenvalue weighted by Gasteiger charge is 2.37. The molecule has 0 aromatic heterocycles. The molecule has 2 aromatic rings. The molecule has 1 aliphatic heterocycles. The van der Waals surface area contributed by atoms with Crippen LogP contribution in [0, 0.1) is 6.92 Å². The zero-order valence-corrected chi connectivity index (χ0v) is 42.6. The predicted octanol–water partition coefficient (Wildman–Crippen LogP) is 1.16. The van der Waals surface area contributed by atoms with Crippen molar-refractivity contribution in [2.75, 3.05) is 47.1 Å². The number of nitrogens with one attached hydrogen (secondary N) is 5. The lowest BCUT2D eigenvalue weighted by Crippen LogP contribution is -2.62. The van der Waals surface area contributed by atoms with E-state index in [0.717, 1.165) is 30.6 Å². The third kappa shape index (κ3) is 17.4. The van der Waals surface area contributed by atoms with E-state index in [4.69, 9.17) is 5.73 Å².